The molecule has 5 heteroatoms. The maximum absolute atomic E-state index is 13.5. The predicted molar refractivity (Wildman–Crippen MR) is 73.5 cm³/mol. The molecule has 0 atom stereocenters. The Kier molecular flexibility index (Phi) is 4.32. The van der Waals surface area contributed by atoms with Crippen LogP contribution in [0, 0.1) is 11.6 Å². The van der Waals surface area contributed by atoms with E-state index in [1.807, 2.05) is 0 Å². The molecule has 2 aromatic carbocycles. The van der Waals surface area contributed by atoms with E-state index in [2.05, 4.69) is 15.9 Å². The highest BCUT2D eigenvalue weighted by Crippen LogP contribution is 2.23. The van der Waals surface area contributed by atoms with Crippen LogP contribution in [0.25, 0.3) is 0 Å². The van der Waals surface area contributed by atoms with Crippen molar-refractivity contribution in [3.8, 4) is 0 Å². The van der Waals surface area contributed by atoms with Crippen LogP contribution in [-0.2, 0) is 6.42 Å². The number of hydrogen-bond acceptors (Lipinski definition) is 1. The number of halogens is 4. The van der Waals surface area contributed by atoms with E-state index in [1.165, 1.54) is 12.1 Å². The van der Waals surface area contributed by atoms with Gasteiger partial charge in [-0.05, 0) is 45.8 Å². The summed E-state index contributed by atoms with van der Waals surface area (Å²) >= 11 is 9.00. The summed E-state index contributed by atoms with van der Waals surface area (Å²) in [6, 6.07) is 8.48. The minimum atomic E-state index is -0.985. The molecule has 0 spiro atoms. The molecule has 0 fully saturated rings. The second-order valence-corrected chi connectivity index (χ2v) is 5.23. The fraction of sp³-hybridized carbons (Fsp3) is 0.0714. The number of Topliss-reactive ketones (excluding diaryl/α,β-unsaturated/α-hetero) is 1. The van der Waals surface area contributed by atoms with E-state index in [0.717, 1.165) is 6.07 Å². The van der Waals surface area contributed by atoms with Crippen molar-refractivity contribution in [1.82, 2.24) is 0 Å². The molecule has 0 aromatic heterocycles. The number of hydrogen-bond donors (Lipinski definition) is 0. The van der Waals surface area contributed by atoms with E-state index in [-0.39, 0.29) is 17.8 Å². The fourth-order valence-electron chi connectivity index (χ4n) is 1.67. The van der Waals surface area contributed by atoms with Crippen molar-refractivity contribution in [3.05, 3.63) is 68.7 Å². The molecule has 0 aliphatic carbocycles. The maximum atomic E-state index is 13.5. The smallest absolute Gasteiger partial charge is 0.168 e. The van der Waals surface area contributed by atoms with Gasteiger partial charge in [0.05, 0.1) is 0 Å². The summed E-state index contributed by atoms with van der Waals surface area (Å²) in [7, 11) is 0. The third kappa shape index (κ3) is 3.19. The average molecular weight is 346 g/mol. The molecule has 0 heterocycles. The van der Waals surface area contributed by atoms with Gasteiger partial charge in [-0.3, -0.25) is 4.79 Å². The van der Waals surface area contributed by atoms with Crippen LogP contribution in [0.2, 0.25) is 5.02 Å². The Morgan fingerprint density at radius 1 is 1.21 bits per heavy atom. The van der Waals surface area contributed by atoms with Gasteiger partial charge in [0.2, 0.25) is 0 Å². The highest BCUT2D eigenvalue weighted by molar-refractivity contribution is 9.10. The first-order chi connectivity index (χ1) is 8.99. The minimum Gasteiger partial charge on any atom is -0.294 e. The standard InChI is InChI=1S/C14H8BrClF2O/c15-11-7-9(16)4-5-10(11)13(19)6-8-2-1-3-12(17)14(8)18/h1-5,7H,6H2. The van der Waals surface area contributed by atoms with Crippen LogP contribution in [0.5, 0.6) is 0 Å². The molecule has 0 saturated heterocycles. The molecule has 98 valence electrons. The molecule has 0 amide bonds. The zero-order chi connectivity index (χ0) is 14.0. The lowest BCUT2D eigenvalue weighted by Gasteiger charge is -2.06. The van der Waals surface area contributed by atoms with Crippen molar-refractivity contribution in [2.75, 3.05) is 0 Å². The second kappa shape index (κ2) is 5.80. The molecule has 0 radical (unpaired) electrons. The van der Waals surface area contributed by atoms with Gasteiger partial charge in [0.25, 0.3) is 0 Å². The van der Waals surface area contributed by atoms with E-state index >= 15 is 0 Å². The molecule has 0 N–H and O–H groups in total. The second-order valence-electron chi connectivity index (χ2n) is 3.94. The lowest BCUT2D eigenvalue weighted by molar-refractivity contribution is 0.0991. The summed E-state index contributed by atoms with van der Waals surface area (Å²) in [5.74, 6) is -2.26. The van der Waals surface area contributed by atoms with E-state index in [0.29, 0.717) is 15.1 Å². The van der Waals surface area contributed by atoms with Crippen LogP contribution in [0.3, 0.4) is 0 Å². The lowest BCUT2D eigenvalue weighted by Crippen LogP contribution is -2.07. The molecular formula is C14H8BrClF2O. The Hall–Kier alpha value is -1.26. The van der Waals surface area contributed by atoms with Crippen LogP contribution in [0.4, 0.5) is 8.78 Å². The van der Waals surface area contributed by atoms with Crippen molar-refractivity contribution in [1.29, 1.82) is 0 Å². The molecule has 2 aromatic rings. The van der Waals surface area contributed by atoms with Gasteiger partial charge in [0, 0.05) is 21.5 Å². The summed E-state index contributed by atoms with van der Waals surface area (Å²) in [6.07, 6.45) is -0.205. The molecule has 2 rings (SSSR count). The van der Waals surface area contributed by atoms with E-state index < -0.39 is 11.6 Å². The largest absolute Gasteiger partial charge is 0.294 e. The topological polar surface area (TPSA) is 17.1 Å². The number of ketones is 1. The summed E-state index contributed by atoms with van der Waals surface area (Å²) in [6.45, 7) is 0. The van der Waals surface area contributed by atoms with Crippen LogP contribution in [0.15, 0.2) is 40.9 Å². The van der Waals surface area contributed by atoms with Gasteiger partial charge in [-0.1, -0.05) is 23.7 Å². The van der Waals surface area contributed by atoms with Crippen molar-refractivity contribution in [3.63, 3.8) is 0 Å². The van der Waals surface area contributed by atoms with Gasteiger partial charge in [-0.15, -0.1) is 0 Å². The Morgan fingerprint density at radius 3 is 2.63 bits per heavy atom. The Balaban J connectivity index is 2.28. The molecule has 0 bridgehead atoms. The van der Waals surface area contributed by atoms with Crippen LogP contribution < -0.4 is 0 Å². The highest BCUT2D eigenvalue weighted by Gasteiger charge is 2.15. The van der Waals surface area contributed by atoms with Gasteiger partial charge in [-0.2, -0.15) is 0 Å². The third-order valence-electron chi connectivity index (χ3n) is 2.61. The summed E-state index contributed by atoms with van der Waals surface area (Å²) in [5.41, 5.74) is 0.417. The van der Waals surface area contributed by atoms with Crippen molar-refractivity contribution in [2.45, 2.75) is 6.42 Å². The first-order valence-electron chi connectivity index (χ1n) is 5.40. The van der Waals surface area contributed by atoms with Gasteiger partial charge in [0.15, 0.2) is 17.4 Å². The average Bonchev–Trinajstić information content (AvgIpc) is 2.34. The van der Waals surface area contributed by atoms with Gasteiger partial charge in [-0.25, -0.2) is 8.78 Å². The Bertz CT molecular complexity index is 643. The predicted octanol–water partition coefficient (Wildman–Crippen LogP) is 4.81. The Morgan fingerprint density at radius 2 is 1.95 bits per heavy atom. The maximum Gasteiger partial charge on any atom is 0.168 e. The normalized spacial score (nSPS) is 10.5. The quantitative estimate of drug-likeness (QED) is 0.730. The first-order valence-corrected chi connectivity index (χ1v) is 6.57. The van der Waals surface area contributed by atoms with Crippen molar-refractivity contribution < 1.29 is 13.6 Å². The third-order valence-corrected chi connectivity index (χ3v) is 3.51. The summed E-state index contributed by atoms with van der Waals surface area (Å²) < 4.78 is 27.1. The molecule has 0 aliphatic rings. The number of carbonyl (C=O) groups is 1. The number of benzene rings is 2. The number of rotatable bonds is 3. The van der Waals surface area contributed by atoms with Gasteiger partial charge >= 0.3 is 0 Å². The molecule has 0 unspecified atom stereocenters. The molecular weight excluding hydrogens is 338 g/mol. The lowest BCUT2D eigenvalue weighted by atomic mass is 10.0. The minimum absolute atomic E-state index is 0.0341. The Labute approximate surface area is 122 Å². The van der Waals surface area contributed by atoms with Crippen molar-refractivity contribution in [2.24, 2.45) is 0 Å². The fourth-order valence-corrected chi connectivity index (χ4v) is 2.57. The SMILES string of the molecule is O=C(Cc1cccc(F)c1F)c1ccc(Cl)cc1Br. The van der Waals surface area contributed by atoms with Crippen LogP contribution in [0.1, 0.15) is 15.9 Å². The van der Waals surface area contributed by atoms with Crippen molar-refractivity contribution >= 4 is 33.3 Å². The number of carbonyl (C=O) groups excluding carboxylic acids is 1. The van der Waals surface area contributed by atoms with E-state index in [4.69, 9.17) is 11.6 Å². The van der Waals surface area contributed by atoms with Gasteiger partial charge in [0.1, 0.15) is 0 Å². The zero-order valence-corrected chi connectivity index (χ0v) is 11.9. The first kappa shape index (κ1) is 14.2. The highest BCUT2D eigenvalue weighted by atomic mass is 79.9. The zero-order valence-electron chi connectivity index (χ0n) is 9.59. The molecule has 0 aliphatic heterocycles. The molecule has 19 heavy (non-hydrogen) atoms. The van der Waals surface area contributed by atoms with E-state index in [1.54, 1.807) is 18.2 Å². The summed E-state index contributed by atoms with van der Waals surface area (Å²) in [5, 5.41) is 0.486. The van der Waals surface area contributed by atoms with Crippen LogP contribution in [-0.4, -0.2) is 5.78 Å². The van der Waals surface area contributed by atoms with Gasteiger partial charge < -0.3 is 0 Å². The summed E-state index contributed by atoms with van der Waals surface area (Å²) in [4.78, 5) is 12.0. The van der Waals surface area contributed by atoms with E-state index in [9.17, 15) is 13.6 Å². The molecule has 0 saturated carbocycles. The molecule has 1 nitrogen and oxygen atoms in total. The van der Waals surface area contributed by atoms with Crippen LogP contribution >= 0.6 is 27.5 Å². The monoisotopic (exact) mass is 344 g/mol.